The first kappa shape index (κ1) is 17.0. The number of nitrogens with zero attached hydrogens (tertiary/aromatic N) is 3. The smallest absolute Gasteiger partial charge is 0.238 e. The molecule has 5 nitrogen and oxygen atoms in total. The molecule has 0 saturated heterocycles. The minimum absolute atomic E-state index is 0.0162. The van der Waals surface area contributed by atoms with Crippen molar-refractivity contribution in [2.45, 2.75) is 26.8 Å². The van der Waals surface area contributed by atoms with Crippen molar-refractivity contribution >= 4 is 22.9 Å². The van der Waals surface area contributed by atoms with E-state index in [0.29, 0.717) is 6.54 Å². The van der Waals surface area contributed by atoms with Crippen molar-refractivity contribution in [3.8, 4) is 5.69 Å². The molecule has 2 aromatic heterocycles. The summed E-state index contributed by atoms with van der Waals surface area (Å²) in [5.74, 6) is 0.0162. The highest BCUT2D eigenvalue weighted by atomic mass is 32.1. The monoisotopic (exact) mass is 366 g/mol. The fourth-order valence-electron chi connectivity index (χ4n) is 3.47. The Hall–Kier alpha value is -2.44. The molecule has 1 aliphatic rings. The molecular weight excluding hydrogens is 344 g/mol. The lowest BCUT2D eigenvalue weighted by molar-refractivity contribution is -0.117. The van der Waals surface area contributed by atoms with Crippen LogP contribution in [0.15, 0.2) is 41.8 Å². The average Bonchev–Trinajstić information content (AvgIpc) is 3.21. The van der Waals surface area contributed by atoms with E-state index >= 15 is 0 Å². The lowest BCUT2D eigenvalue weighted by Crippen LogP contribution is -2.36. The van der Waals surface area contributed by atoms with Crippen molar-refractivity contribution in [2.24, 2.45) is 0 Å². The topological polar surface area (TPSA) is 50.2 Å². The van der Waals surface area contributed by atoms with Crippen molar-refractivity contribution in [3.05, 3.63) is 63.6 Å². The van der Waals surface area contributed by atoms with Crippen molar-refractivity contribution < 1.29 is 4.79 Å². The van der Waals surface area contributed by atoms with Crippen LogP contribution in [0.5, 0.6) is 0 Å². The molecule has 0 atom stereocenters. The lowest BCUT2D eigenvalue weighted by atomic mass is 10.1. The summed E-state index contributed by atoms with van der Waals surface area (Å²) < 4.78 is 1.88. The molecular formula is C20H22N4OS. The number of thiophene rings is 1. The third-order valence-corrected chi connectivity index (χ3v) is 5.83. The number of aromatic nitrogens is 2. The van der Waals surface area contributed by atoms with Crippen molar-refractivity contribution in [1.29, 1.82) is 0 Å². The first-order chi connectivity index (χ1) is 12.6. The van der Waals surface area contributed by atoms with E-state index in [2.05, 4.69) is 26.8 Å². The molecule has 26 heavy (non-hydrogen) atoms. The number of aryl methyl sites for hydroxylation is 1. The quantitative estimate of drug-likeness (QED) is 0.768. The average molecular weight is 366 g/mol. The Kier molecular flexibility index (Phi) is 4.61. The van der Waals surface area contributed by atoms with Crippen LogP contribution in [0, 0.1) is 13.8 Å². The second-order valence-corrected chi connectivity index (χ2v) is 7.67. The molecule has 1 N–H and O–H groups in total. The zero-order valence-corrected chi connectivity index (χ0v) is 15.8. The van der Waals surface area contributed by atoms with Crippen LogP contribution in [0.2, 0.25) is 0 Å². The van der Waals surface area contributed by atoms with E-state index < -0.39 is 0 Å². The van der Waals surface area contributed by atoms with Gasteiger partial charge in [0.1, 0.15) is 0 Å². The molecule has 6 heteroatoms. The number of fused-ring (bicyclic) bond motifs is 1. The number of anilines is 1. The van der Waals surface area contributed by atoms with Gasteiger partial charge in [0.2, 0.25) is 5.91 Å². The maximum Gasteiger partial charge on any atom is 0.238 e. The molecule has 0 radical (unpaired) electrons. The van der Waals surface area contributed by atoms with E-state index in [9.17, 15) is 4.79 Å². The van der Waals surface area contributed by atoms with E-state index in [0.717, 1.165) is 42.3 Å². The van der Waals surface area contributed by atoms with Crippen molar-refractivity contribution in [1.82, 2.24) is 14.7 Å². The fraction of sp³-hybridized carbons (Fsp3) is 0.300. The number of carbonyl (C=O) groups excluding carboxylic acids is 1. The maximum atomic E-state index is 12.6. The summed E-state index contributed by atoms with van der Waals surface area (Å²) in [5, 5.41) is 9.80. The SMILES string of the molecule is Cc1nn(-c2ccccc2)c(C)c1NC(=O)CN1CCc2sccc2C1. The Balaban J connectivity index is 1.46. The highest BCUT2D eigenvalue weighted by Gasteiger charge is 2.21. The molecule has 0 unspecified atom stereocenters. The summed E-state index contributed by atoms with van der Waals surface area (Å²) in [6, 6.07) is 12.1. The van der Waals surface area contributed by atoms with Gasteiger partial charge >= 0.3 is 0 Å². The summed E-state index contributed by atoms with van der Waals surface area (Å²) in [5.41, 5.74) is 4.94. The van der Waals surface area contributed by atoms with Crippen LogP contribution in [0.1, 0.15) is 21.8 Å². The number of hydrogen-bond donors (Lipinski definition) is 1. The van der Waals surface area contributed by atoms with Crippen molar-refractivity contribution in [3.63, 3.8) is 0 Å². The summed E-state index contributed by atoms with van der Waals surface area (Å²) in [7, 11) is 0. The first-order valence-corrected chi connectivity index (χ1v) is 9.69. The minimum Gasteiger partial charge on any atom is -0.322 e. The van der Waals surface area contributed by atoms with Gasteiger partial charge in [0, 0.05) is 18.0 Å². The predicted octanol–water partition coefficient (Wildman–Crippen LogP) is 3.55. The molecule has 0 fully saturated rings. The molecule has 3 aromatic rings. The molecule has 3 heterocycles. The normalized spacial score (nSPS) is 14.2. The van der Waals surface area contributed by atoms with Crippen LogP contribution >= 0.6 is 11.3 Å². The summed E-state index contributed by atoms with van der Waals surface area (Å²) in [4.78, 5) is 16.3. The number of amides is 1. The summed E-state index contributed by atoms with van der Waals surface area (Å²) in [6.07, 6.45) is 1.03. The second-order valence-electron chi connectivity index (χ2n) is 6.67. The zero-order valence-electron chi connectivity index (χ0n) is 15.0. The molecule has 0 aliphatic carbocycles. The van der Waals surface area contributed by atoms with Gasteiger partial charge in [0.15, 0.2) is 0 Å². The van der Waals surface area contributed by atoms with E-state index in [1.54, 1.807) is 0 Å². The Morgan fingerprint density at radius 1 is 1.23 bits per heavy atom. The van der Waals surface area contributed by atoms with Gasteiger partial charge in [0.25, 0.3) is 0 Å². The second kappa shape index (κ2) is 7.05. The standard InChI is InChI=1S/C20H22N4OS/c1-14-20(15(2)24(22-14)17-6-4-3-5-7-17)21-19(25)13-23-10-8-18-16(12-23)9-11-26-18/h3-7,9,11H,8,10,12-13H2,1-2H3,(H,21,25). The van der Waals surface area contributed by atoms with Crippen LogP contribution in [0.25, 0.3) is 5.69 Å². The summed E-state index contributed by atoms with van der Waals surface area (Å²) >= 11 is 1.82. The fourth-order valence-corrected chi connectivity index (χ4v) is 4.36. The van der Waals surface area contributed by atoms with Crippen LogP contribution < -0.4 is 5.32 Å². The number of hydrogen-bond acceptors (Lipinski definition) is 4. The third kappa shape index (κ3) is 3.30. The van der Waals surface area contributed by atoms with Gasteiger partial charge in [-0.25, -0.2) is 4.68 Å². The van der Waals surface area contributed by atoms with Crippen molar-refractivity contribution in [2.75, 3.05) is 18.4 Å². The number of carbonyl (C=O) groups is 1. The van der Waals surface area contributed by atoms with E-state index in [-0.39, 0.29) is 5.91 Å². The zero-order chi connectivity index (χ0) is 18.1. The number of para-hydroxylation sites is 1. The molecule has 4 rings (SSSR count). The molecule has 1 amide bonds. The van der Waals surface area contributed by atoms with Crippen LogP contribution in [0.4, 0.5) is 5.69 Å². The van der Waals surface area contributed by atoms with Gasteiger partial charge in [-0.2, -0.15) is 5.10 Å². The highest BCUT2D eigenvalue weighted by molar-refractivity contribution is 7.10. The molecule has 1 aromatic carbocycles. The molecule has 134 valence electrons. The van der Waals surface area contributed by atoms with Gasteiger partial charge in [-0.05, 0) is 49.4 Å². The first-order valence-electron chi connectivity index (χ1n) is 8.81. The Morgan fingerprint density at radius 2 is 2.04 bits per heavy atom. The Labute approximate surface area is 157 Å². The van der Waals surface area contributed by atoms with Gasteiger partial charge in [-0.15, -0.1) is 11.3 Å². The van der Waals surface area contributed by atoms with Gasteiger partial charge in [0.05, 0.1) is 29.3 Å². The largest absolute Gasteiger partial charge is 0.322 e. The van der Waals surface area contributed by atoms with Gasteiger partial charge in [-0.1, -0.05) is 18.2 Å². The van der Waals surface area contributed by atoms with Crippen LogP contribution in [-0.4, -0.2) is 33.7 Å². The predicted molar refractivity (Wildman–Crippen MR) is 105 cm³/mol. The molecule has 0 saturated carbocycles. The summed E-state index contributed by atoms with van der Waals surface area (Å²) in [6.45, 7) is 6.11. The number of benzene rings is 1. The van der Waals surface area contributed by atoms with E-state index in [1.165, 1.54) is 10.4 Å². The van der Waals surface area contributed by atoms with Crippen LogP contribution in [-0.2, 0) is 17.8 Å². The maximum absolute atomic E-state index is 12.6. The number of rotatable bonds is 4. The molecule has 1 aliphatic heterocycles. The number of nitrogens with one attached hydrogen (secondary N) is 1. The van der Waals surface area contributed by atoms with Gasteiger partial charge < -0.3 is 5.32 Å². The van der Waals surface area contributed by atoms with Crippen LogP contribution in [0.3, 0.4) is 0 Å². The Morgan fingerprint density at radius 3 is 2.85 bits per heavy atom. The van der Waals surface area contributed by atoms with E-state index in [4.69, 9.17) is 0 Å². The van der Waals surface area contributed by atoms with Gasteiger partial charge in [-0.3, -0.25) is 9.69 Å². The molecule has 0 bridgehead atoms. The lowest BCUT2D eigenvalue weighted by Gasteiger charge is -2.26. The highest BCUT2D eigenvalue weighted by Crippen LogP contribution is 2.25. The molecule has 0 spiro atoms. The van der Waals surface area contributed by atoms with E-state index in [1.807, 2.05) is 60.2 Å². The Bertz CT molecular complexity index is 929. The third-order valence-electron chi connectivity index (χ3n) is 4.81. The minimum atomic E-state index is 0.0162.